The van der Waals surface area contributed by atoms with Crippen molar-refractivity contribution < 1.29 is 14.3 Å². The second-order valence-electron chi connectivity index (χ2n) is 10.2. The van der Waals surface area contributed by atoms with Crippen LogP contribution in [0.4, 0.5) is 10.5 Å². The normalized spacial score (nSPS) is 16.0. The number of amidine groups is 2. The van der Waals surface area contributed by atoms with Crippen molar-refractivity contribution in [2.45, 2.75) is 52.0 Å². The van der Waals surface area contributed by atoms with Crippen molar-refractivity contribution in [2.75, 3.05) is 45.7 Å². The van der Waals surface area contributed by atoms with Gasteiger partial charge in [-0.1, -0.05) is 44.4 Å². The summed E-state index contributed by atoms with van der Waals surface area (Å²) in [7, 11) is 3.86. The summed E-state index contributed by atoms with van der Waals surface area (Å²) in [6, 6.07) is 7.40. The van der Waals surface area contributed by atoms with Gasteiger partial charge in [-0.05, 0) is 62.4 Å². The van der Waals surface area contributed by atoms with Crippen molar-refractivity contribution in [3.05, 3.63) is 77.7 Å². The van der Waals surface area contributed by atoms with E-state index in [2.05, 4.69) is 27.8 Å². The molecule has 1 heterocycles. The molecule has 2 aliphatic rings. The van der Waals surface area contributed by atoms with Crippen molar-refractivity contribution in [3.8, 4) is 0 Å². The zero-order valence-corrected chi connectivity index (χ0v) is 25.3. The van der Waals surface area contributed by atoms with Crippen molar-refractivity contribution in [1.82, 2.24) is 20.4 Å². The van der Waals surface area contributed by atoms with E-state index in [1.54, 1.807) is 12.1 Å². The average molecular weight is 576 g/mol. The number of aliphatic imine (C=N–C) groups is 1. The number of likely N-dealkylation sites (N-methyl/N-ethyl adjacent to an activating group) is 2. The first-order valence-corrected chi connectivity index (χ1v) is 14.7. The summed E-state index contributed by atoms with van der Waals surface area (Å²) in [6.07, 6.45) is 15.8. The molecule has 0 saturated carbocycles. The number of allylic oxidation sites excluding steroid dienone is 2. The maximum Gasteiger partial charge on any atom is 0.412 e. The van der Waals surface area contributed by atoms with E-state index in [0.29, 0.717) is 37.4 Å². The molecule has 0 radical (unpaired) electrons. The van der Waals surface area contributed by atoms with E-state index in [-0.39, 0.29) is 17.8 Å². The molecule has 10 heteroatoms. The lowest BCUT2D eigenvalue weighted by atomic mass is 9.99. The lowest BCUT2D eigenvalue weighted by Crippen LogP contribution is -2.37. The van der Waals surface area contributed by atoms with Gasteiger partial charge in [-0.25, -0.2) is 9.79 Å². The number of rotatable bonds is 15. The van der Waals surface area contributed by atoms with Crippen LogP contribution in [0.25, 0.3) is 0 Å². The molecule has 1 aliphatic heterocycles. The number of hydrogen-bond donors (Lipinski definition) is 4. The van der Waals surface area contributed by atoms with Gasteiger partial charge in [0.1, 0.15) is 11.7 Å². The molecule has 2 amide bonds. The molecule has 0 aromatic heterocycles. The fraction of sp³-hybridized carbons (Fsp3) is 0.438. The summed E-state index contributed by atoms with van der Waals surface area (Å²) in [6.45, 7) is 6.15. The van der Waals surface area contributed by atoms with Gasteiger partial charge in [0.15, 0.2) is 0 Å². The van der Waals surface area contributed by atoms with Gasteiger partial charge in [-0.2, -0.15) is 0 Å². The molecule has 42 heavy (non-hydrogen) atoms. The predicted molar refractivity (Wildman–Crippen MR) is 170 cm³/mol. The van der Waals surface area contributed by atoms with E-state index in [4.69, 9.17) is 15.1 Å². The second-order valence-corrected chi connectivity index (χ2v) is 10.2. The van der Waals surface area contributed by atoms with Crippen molar-refractivity contribution in [3.63, 3.8) is 0 Å². The third kappa shape index (κ3) is 9.36. The van der Waals surface area contributed by atoms with Crippen LogP contribution in [0.2, 0.25) is 0 Å². The zero-order chi connectivity index (χ0) is 30.3. The monoisotopic (exact) mass is 575 g/mol. The number of benzene rings is 1. The summed E-state index contributed by atoms with van der Waals surface area (Å²) < 4.78 is 5.16. The Kier molecular flexibility index (Phi) is 12.9. The first kappa shape index (κ1) is 32.2. The summed E-state index contributed by atoms with van der Waals surface area (Å²) in [4.78, 5) is 33.9. The SMILES string of the molecule is CCCCCCOC(=O)NC(=N)c1ccc(NCC2=NC3=CC(C(=O)N(CC)C/C=C\C=C/NC)=CCC3N2C)cc1. The Balaban J connectivity index is 1.52. The molecule has 1 aliphatic carbocycles. The van der Waals surface area contributed by atoms with Crippen LogP contribution in [-0.4, -0.2) is 79.8 Å². The smallest absolute Gasteiger partial charge is 0.412 e. The van der Waals surface area contributed by atoms with Crippen LogP contribution in [0.1, 0.15) is 51.5 Å². The van der Waals surface area contributed by atoms with E-state index in [9.17, 15) is 9.59 Å². The Morgan fingerprint density at radius 3 is 2.67 bits per heavy atom. The number of hydrogen-bond acceptors (Lipinski definition) is 8. The highest BCUT2D eigenvalue weighted by Crippen LogP contribution is 2.29. The number of carbonyl (C=O) groups excluding carboxylic acids is 2. The van der Waals surface area contributed by atoms with Crippen LogP contribution >= 0.6 is 0 Å². The molecule has 3 rings (SSSR count). The minimum Gasteiger partial charge on any atom is -0.449 e. The summed E-state index contributed by atoms with van der Waals surface area (Å²) >= 11 is 0. The minimum absolute atomic E-state index is 0.00263. The number of anilines is 1. The van der Waals surface area contributed by atoms with Crippen LogP contribution in [0, 0.1) is 5.41 Å². The topological polar surface area (TPSA) is 122 Å². The minimum atomic E-state index is -0.604. The van der Waals surface area contributed by atoms with E-state index in [0.717, 1.165) is 49.3 Å². The summed E-state index contributed by atoms with van der Waals surface area (Å²) in [5.74, 6) is 0.896. The molecule has 4 N–H and O–H groups in total. The molecule has 1 unspecified atom stereocenters. The van der Waals surface area contributed by atoms with Crippen LogP contribution in [0.5, 0.6) is 0 Å². The Morgan fingerprint density at radius 1 is 1.17 bits per heavy atom. The van der Waals surface area contributed by atoms with Gasteiger partial charge in [0.25, 0.3) is 5.91 Å². The van der Waals surface area contributed by atoms with E-state index < -0.39 is 6.09 Å². The van der Waals surface area contributed by atoms with Gasteiger partial charge >= 0.3 is 6.09 Å². The van der Waals surface area contributed by atoms with E-state index in [1.807, 2.05) is 74.6 Å². The maximum atomic E-state index is 13.2. The molecule has 1 aromatic carbocycles. The van der Waals surface area contributed by atoms with E-state index >= 15 is 0 Å². The maximum absolute atomic E-state index is 13.2. The Hall–Kier alpha value is -4.34. The van der Waals surface area contributed by atoms with Gasteiger partial charge in [-0.3, -0.25) is 15.5 Å². The number of alkyl carbamates (subject to hydrolysis) is 1. The number of fused-ring (bicyclic) bond motifs is 1. The fourth-order valence-corrected chi connectivity index (χ4v) is 4.65. The summed E-state index contributed by atoms with van der Waals surface area (Å²) in [5.41, 5.74) is 3.04. The lowest BCUT2D eigenvalue weighted by Gasteiger charge is -2.26. The van der Waals surface area contributed by atoms with Gasteiger partial charge < -0.3 is 25.2 Å². The molecule has 0 spiro atoms. The van der Waals surface area contributed by atoms with Crippen molar-refractivity contribution >= 4 is 29.4 Å². The van der Waals surface area contributed by atoms with E-state index in [1.165, 1.54) is 0 Å². The number of carbonyl (C=O) groups is 2. The van der Waals surface area contributed by atoms with Crippen molar-refractivity contribution in [2.24, 2.45) is 4.99 Å². The highest BCUT2D eigenvalue weighted by molar-refractivity contribution is 6.04. The molecule has 226 valence electrons. The third-order valence-electron chi connectivity index (χ3n) is 7.17. The number of ether oxygens (including phenoxy) is 1. The first-order valence-electron chi connectivity index (χ1n) is 14.7. The van der Waals surface area contributed by atoms with Crippen LogP contribution < -0.4 is 16.0 Å². The Bertz CT molecular complexity index is 1230. The standard InChI is InChI=1S/C32H45N7O3/c1-5-7-8-12-21-42-32(41)37-30(33)24-13-16-26(17-14-24)35-23-29-36-27-22-25(15-18-28(27)38(29)4)31(40)39(6-2)20-11-9-10-19-34-3/h9-11,13-17,19,22,28,34-35H,5-8,12,18,20-21,23H2,1-4H3,(H2,33,37,41)/b11-9-,19-10-. The molecule has 0 fully saturated rings. The molecule has 0 saturated heterocycles. The first-order chi connectivity index (χ1) is 20.4. The molecular formula is C32H45N7O3. The number of nitrogens with one attached hydrogen (secondary N) is 4. The van der Waals surface area contributed by atoms with Gasteiger partial charge in [0.05, 0.1) is 24.9 Å². The Labute approximate surface area is 249 Å². The summed E-state index contributed by atoms with van der Waals surface area (Å²) in [5, 5.41) is 17.0. The predicted octanol–water partition coefficient (Wildman–Crippen LogP) is 4.79. The molecule has 0 bridgehead atoms. The molecule has 1 atom stereocenters. The quantitative estimate of drug-likeness (QED) is 0.103. The van der Waals surface area contributed by atoms with Gasteiger partial charge in [0.2, 0.25) is 0 Å². The fourth-order valence-electron chi connectivity index (χ4n) is 4.65. The average Bonchev–Trinajstić information content (AvgIpc) is 3.32. The van der Waals surface area contributed by atoms with Gasteiger partial charge in [0, 0.05) is 44.0 Å². The highest BCUT2D eigenvalue weighted by atomic mass is 16.5. The third-order valence-corrected chi connectivity index (χ3v) is 7.17. The largest absolute Gasteiger partial charge is 0.449 e. The number of unbranched alkanes of at least 4 members (excludes halogenated alkanes) is 3. The lowest BCUT2D eigenvalue weighted by molar-refractivity contribution is -0.126. The number of nitrogens with zero attached hydrogens (tertiary/aromatic N) is 3. The van der Waals surface area contributed by atoms with Crippen LogP contribution in [0.15, 0.2) is 77.1 Å². The second kappa shape index (κ2) is 16.8. The van der Waals surface area contributed by atoms with Crippen LogP contribution in [0.3, 0.4) is 0 Å². The Morgan fingerprint density at radius 2 is 1.95 bits per heavy atom. The molecular weight excluding hydrogens is 530 g/mol. The number of amides is 2. The van der Waals surface area contributed by atoms with Gasteiger partial charge in [-0.15, -0.1) is 0 Å². The van der Waals surface area contributed by atoms with Crippen LogP contribution in [-0.2, 0) is 9.53 Å². The molecule has 10 nitrogen and oxygen atoms in total. The van der Waals surface area contributed by atoms with Crippen molar-refractivity contribution in [1.29, 1.82) is 5.41 Å². The highest BCUT2D eigenvalue weighted by Gasteiger charge is 2.32. The molecule has 1 aromatic rings. The zero-order valence-electron chi connectivity index (χ0n) is 25.3.